The molecule has 2 aromatic carbocycles. The Kier molecular flexibility index (Phi) is 6.89. The van der Waals surface area contributed by atoms with Crippen molar-refractivity contribution >= 4 is 11.8 Å². The predicted molar refractivity (Wildman–Crippen MR) is 121 cm³/mol. The molecule has 3 aromatic rings. The molecule has 0 saturated heterocycles. The van der Waals surface area contributed by atoms with Crippen LogP contribution in [0, 0.1) is 0 Å². The number of aliphatic hydroxyl groups is 1. The Hall–Kier alpha value is -3.55. The first-order valence-electron chi connectivity index (χ1n) is 10.6. The highest BCUT2D eigenvalue weighted by Gasteiger charge is 2.24. The van der Waals surface area contributed by atoms with Crippen molar-refractivity contribution in [3.63, 3.8) is 0 Å². The fourth-order valence-electron chi connectivity index (χ4n) is 3.74. The van der Waals surface area contributed by atoms with Crippen molar-refractivity contribution in [3.8, 4) is 0 Å². The molecule has 4 N–H and O–H groups in total. The third-order valence-electron chi connectivity index (χ3n) is 5.61. The van der Waals surface area contributed by atoms with Crippen LogP contribution in [0.5, 0.6) is 0 Å². The van der Waals surface area contributed by atoms with E-state index in [0.717, 1.165) is 12.1 Å². The highest BCUT2D eigenvalue weighted by atomic mass is 16.3. The third kappa shape index (κ3) is 5.38. The van der Waals surface area contributed by atoms with Crippen molar-refractivity contribution in [2.24, 2.45) is 0 Å². The molecular formula is C25H26N4O3. The van der Waals surface area contributed by atoms with Gasteiger partial charge < -0.3 is 21.1 Å². The van der Waals surface area contributed by atoms with Gasteiger partial charge in [-0.05, 0) is 53.9 Å². The zero-order chi connectivity index (χ0) is 22.3. The van der Waals surface area contributed by atoms with Crippen LogP contribution in [0.4, 0.5) is 0 Å². The lowest BCUT2D eigenvalue weighted by Gasteiger charge is -2.30. The van der Waals surface area contributed by atoms with Gasteiger partial charge in [0.25, 0.3) is 11.8 Å². The number of carbonyl (C=O) groups excluding carboxylic acids is 2. The summed E-state index contributed by atoms with van der Waals surface area (Å²) >= 11 is 0. The molecular weight excluding hydrogens is 404 g/mol. The normalized spacial score (nSPS) is 16.0. The molecule has 1 aliphatic rings. The topological polar surface area (TPSA) is 103 Å². The lowest BCUT2D eigenvalue weighted by Crippen LogP contribution is -2.49. The van der Waals surface area contributed by atoms with Gasteiger partial charge in [-0.2, -0.15) is 0 Å². The lowest BCUT2D eigenvalue weighted by atomic mass is 9.93. The molecule has 4 rings (SSSR count). The van der Waals surface area contributed by atoms with E-state index in [9.17, 15) is 14.7 Å². The number of nitrogens with one attached hydrogen (secondary N) is 3. The molecule has 0 radical (unpaired) electrons. The molecule has 2 amide bonds. The van der Waals surface area contributed by atoms with Crippen LogP contribution < -0.4 is 16.0 Å². The SMILES string of the molecule is O=C(NCc1ccccn1)c1ccc(C(=O)NC[C@@H](O)[C@@H]2Cc3ccccc3CN2)cc1. The minimum atomic E-state index is -0.705. The number of carbonyl (C=O) groups is 2. The maximum atomic E-state index is 12.5. The number of hydrogen-bond acceptors (Lipinski definition) is 5. The molecule has 164 valence electrons. The Morgan fingerprint density at radius 2 is 1.59 bits per heavy atom. The van der Waals surface area contributed by atoms with E-state index < -0.39 is 6.10 Å². The first-order valence-corrected chi connectivity index (χ1v) is 10.6. The Labute approximate surface area is 186 Å². The largest absolute Gasteiger partial charge is 0.390 e. The predicted octanol–water partition coefficient (Wildman–Crippen LogP) is 1.82. The number of pyridine rings is 1. The zero-order valence-electron chi connectivity index (χ0n) is 17.6. The summed E-state index contributed by atoms with van der Waals surface area (Å²) in [6.07, 6.45) is 1.69. The van der Waals surface area contributed by atoms with Crippen molar-refractivity contribution in [2.45, 2.75) is 31.7 Å². The van der Waals surface area contributed by atoms with Crippen LogP contribution in [-0.4, -0.2) is 40.6 Å². The molecule has 0 aliphatic carbocycles. The second-order valence-corrected chi connectivity index (χ2v) is 7.82. The summed E-state index contributed by atoms with van der Waals surface area (Å²) in [6.45, 7) is 1.18. The molecule has 32 heavy (non-hydrogen) atoms. The molecule has 7 nitrogen and oxygen atoms in total. The number of amides is 2. The van der Waals surface area contributed by atoms with Gasteiger partial charge in [-0.3, -0.25) is 14.6 Å². The van der Waals surface area contributed by atoms with Crippen LogP contribution in [0.2, 0.25) is 0 Å². The summed E-state index contributed by atoms with van der Waals surface area (Å²) < 4.78 is 0. The van der Waals surface area contributed by atoms with E-state index in [4.69, 9.17) is 0 Å². The van der Waals surface area contributed by atoms with Crippen LogP contribution in [0.15, 0.2) is 72.9 Å². The Morgan fingerprint density at radius 3 is 2.28 bits per heavy atom. The molecule has 1 aliphatic heterocycles. The number of aromatic nitrogens is 1. The molecule has 0 unspecified atom stereocenters. The number of aliphatic hydroxyl groups excluding tert-OH is 1. The van der Waals surface area contributed by atoms with Gasteiger partial charge in [-0.15, -0.1) is 0 Å². The van der Waals surface area contributed by atoms with Crippen LogP contribution in [0.1, 0.15) is 37.5 Å². The zero-order valence-corrected chi connectivity index (χ0v) is 17.6. The van der Waals surface area contributed by atoms with Crippen LogP contribution in [0.3, 0.4) is 0 Å². The maximum Gasteiger partial charge on any atom is 0.251 e. The maximum absolute atomic E-state index is 12.5. The van der Waals surface area contributed by atoms with Gasteiger partial charge >= 0.3 is 0 Å². The minimum Gasteiger partial charge on any atom is -0.390 e. The van der Waals surface area contributed by atoms with Gasteiger partial charge in [0.05, 0.1) is 18.3 Å². The van der Waals surface area contributed by atoms with Gasteiger partial charge in [0.2, 0.25) is 0 Å². The molecule has 2 heterocycles. The average Bonchev–Trinajstić information content (AvgIpc) is 2.86. The Morgan fingerprint density at radius 1 is 0.938 bits per heavy atom. The van der Waals surface area contributed by atoms with Crippen LogP contribution >= 0.6 is 0 Å². The average molecular weight is 431 g/mol. The minimum absolute atomic E-state index is 0.115. The van der Waals surface area contributed by atoms with Crippen LogP contribution in [0.25, 0.3) is 0 Å². The third-order valence-corrected chi connectivity index (χ3v) is 5.61. The van der Waals surface area contributed by atoms with E-state index in [0.29, 0.717) is 24.2 Å². The Bertz CT molecular complexity index is 1070. The summed E-state index contributed by atoms with van der Waals surface area (Å²) in [7, 11) is 0. The van der Waals surface area contributed by atoms with E-state index in [1.807, 2.05) is 30.3 Å². The van der Waals surface area contributed by atoms with Crippen molar-refractivity contribution in [1.29, 1.82) is 0 Å². The van der Waals surface area contributed by atoms with Crippen molar-refractivity contribution < 1.29 is 14.7 Å². The van der Waals surface area contributed by atoms with Gasteiger partial charge in [0.1, 0.15) is 0 Å². The quantitative estimate of drug-likeness (QED) is 0.458. The number of benzene rings is 2. The fourth-order valence-corrected chi connectivity index (χ4v) is 3.74. The van der Waals surface area contributed by atoms with Crippen molar-refractivity contribution in [1.82, 2.24) is 20.9 Å². The monoisotopic (exact) mass is 430 g/mol. The first kappa shape index (κ1) is 21.7. The molecule has 0 fully saturated rings. The van der Waals surface area contributed by atoms with Crippen molar-refractivity contribution in [3.05, 3.63) is 101 Å². The summed E-state index contributed by atoms with van der Waals surface area (Å²) in [5.74, 6) is -0.526. The van der Waals surface area contributed by atoms with E-state index in [-0.39, 0.29) is 24.4 Å². The molecule has 0 spiro atoms. The number of nitrogens with zero attached hydrogens (tertiary/aromatic N) is 1. The van der Waals surface area contributed by atoms with E-state index in [1.165, 1.54) is 11.1 Å². The lowest BCUT2D eigenvalue weighted by molar-refractivity contribution is 0.0869. The van der Waals surface area contributed by atoms with E-state index in [2.05, 4.69) is 33.1 Å². The fraction of sp³-hybridized carbons (Fsp3) is 0.240. The number of fused-ring (bicyclic) bond motifs is 1. The van der Waals surface area contributed by atoms with Gasteiger partial charge in [-0.25, -0.2) is 0 Å². The summed E-state index contributed by atoms with van der Waals surface area (Å²) in [5.41, 5.74) is 4.12. The van der Waals surface area contributed by atoms with Gasteiger partial charge in [0, 0.05) is 36.5 Å². The summed E-state index contributed by atoms with van der Waals surface area (Å²) in [5, 5.41) is 19.4. The molecule has 7 heteroatoms. The highest BCUT2D eigenvalue weighted by Crippen LogP contribution is 2.17. The van der Waals surface area contributed by atoms with E-state index >= 15 is 0 Å². The summed E-state index contributed by atoms with van der Waals surface area (Å²) in [6, 6.07) is 20.0. The Balaban J connectivity index is 1.26. The van der Waals surface area contributed by atoms with Gasteiger partial charge in [0.15, 0.2) is 0 Å². The standard InChI is InChI=1S/C25H26N4O3/c30-23(22-13-19-5-1-2-6-20(19)14-27-22)16-29-25(32)18-10-8-17(9-11-18)24(31)28-15-21-7-3-4-12-26-21/h1-12,22-23,27,30H,13-16H2,(H,28,31)(H,29,32)/t22-,23+/m0/s1. The smallest absolute Gasteiger partial charge is 0.251 e. The summed E-state index contributed by atoms with van der Waals surface area (Å²) in [4.78, 5) is 28.9. The second kappa shape index (κ2) is 10.2. The molecule has 2 atom stereocenters. The molecule has 1 aromatic heterocycles. The molecule has 0 bridgehead atoms. The van der Waals surface area contributed by atoms with Crippen LogP contribution in [-0.2, 0) is 19.5 Å². The molecule has 0 saturated carbocycles. The van der Waals surface area contributed by atoms with E-state index in [1.54, 1.807) is 30.5 Å². The second-order valence-electron chi connectivity index (χ2n) is 7.82. The first-order chi connectivity index (χ1) is 15.6. The number of rotatable bonds is 7. The van der Waals surface area contributed by atoms with Crippen molar-refractivity contribution in [2.75, 3.05) is 6.54 Å². The number of hydrogen-bond donors (Lipinski definition) is 4. The highest BCUT2D eigenvalue weighted by molar-refractivity contribution is 5.97. The van der Waals surface area contributed by atoms with Gasteiger partial charge in [-0.1, -0.05) is 30.3 Å².